The largest absolute Gasteiger partial charge is 0.333 e. The number of benzene rings is 1. The van der Waals surface area contributed by atoms with E-state index < -0.39 is 0 Å². The van der Waals surface area contributed by atoms with Crippen molar-refractivity contribution in [1.29, 1.82) is 0 Å². The van der Waals surface area contributed by atoms with E-state index in [1.807, 2.05) is 60.5 Å². The fraction of sp³-hybridized carbons (Fsp3) is 0.500. The number of hydrogen-bond acceptors (Lipinski definition) is 3. The zero-order chi connectivity index (χ0) is 21.2. The van der Waals surface area contributed by atoms with E-state index >= 15 is 0 Å². The molecule has 0 bridgehead atoms. The first kappa shape index (κ1) is 23.1. The lowest BCUT2D eigenvalue weighted by Crippen LogP contribution is -2.44. The van der Waals surface area contributed by atoms with E-state index in [-0.39, 0.29) is 24.3 Å². The van der Waals surface area contributed by atoms with Gasteiger partial charge >= 0.3 is 0 Å². The Balaban J connectivity index is 2.15. The Hall–Kier alpha value is -2.14. The van der Waals surface area contributed by atoms with Crippen LogP contribution in [0, 0.1) is 11.8 Å². The number of nitrogens with zero attached hydrogens (tertiary/aromatic N) is 2. The molecular weight excluding hydrogens is 380 g/mol. The van der Waals surface area contributed by atoms with Crippen LogP contribution >= 0.6 is 11.3 Å². The van der Waals surface area contributed by atoms with Crippen molar-refractivity contribution in [3.63, 3.8) is 0 Å². The van der Waals surface area contributed by atoms with Crippen LogP contribution in [0.1, 0.15) is 51.0 Å². The summed E-state index contributed by atoms with van der Waals surface area (Å²) in [6.45, 7) is 10.2. The van der Waals surface area contributed by atoms with E-state index in [2.05, 4.69) is 19.9 Å². The van der Waals surface area contributed by atoms with Gasteiger partial charge in [0, 0.05) is 24.4 Å². The van der Waals surface area contributed by atoms with Crippen molar-refractivity contribution in [1.82, 2.24) is 9.80 Å². The van der Waals surface area contributed by atoms with Gasteiger partial charge in [-0.3, -0.25) is 9.59 Å². The van der Waals surface area contributed by atoms with Gasteiger partial charge in [-0.15, -0.1) is 11.3 Å². The van der Waals surface area contributed by atoms with E-state index in [4.69, 9.17) is 0 Å². The first-order chi connectivity index (χ1) is 13.9. The maximum atomic E-state index is 13.3. The van der Waals surface area contributed by atoms with E-state index in [9.17, 15) is 9.59 Å². The molecule has 2 aromatic rings. The van der Waals surface area contributed by atoms with Gasteiger partial charge in [-0.25, -0.2) is 0 Å². The molecule has 1 heterocycles. The zero-order valence-electron chi connectivity index (χ0n) is 18.1. The summed E-state index contributed by atoms with van der Waals surface area (Å²) in [5.41, 5.74) is 1.10. The van der Waals surface area contributed by atoms with Crippen molar-refractivity contribution in [2.75, 3.05) is 13.1 Å². The predicted molar refractivity (Wildman–Crippen MR) is 121 cm³/mol. The molecule has 1 aromatic heterocycles. The second kappa shape index (κ2) is 11.8. The maximum absolute atomic E-state index is 13.3. The third-order valence-electron chi connectivity index (χ3n) is 4.99. The van der Waals surface area contributed by atoms with Gasteiger partial charge in [-0.05, 0) is 28.8 Å². The van der Waals surface area contributed by atoms with E-state index in [1.165, 1.54) is 0 Å². The lowest BCUT2D eigenvalue weighted by molar-refractivity contribution is -0.142. The molecule has 0 aliphatic carbocycles. The monoisotopic (exact) mass is 414 g/mol. The molecule has 2 rings (SSSR count). The highest BCUT2D eigenvalue weighted by Crippen LogP contribution is 2.16. The number of rotatable bonds is 11. The Morgan fingerprint density at radius 1 is 0.931 bits per heavy atom. The molecule has 1 aromatic carbocycles. The average molecular weight is 415 g/mol. The molecular formula is C24H34N2O2S. The molecule has 0 radical (unpaired) electrons. The van der Waals surface area contributed by atoms with Crippen LogP contribution in [0.3, 0.4) is 0 Å². The highest BCUT2D eigenvalue weighted by molar-refractivity contribution is 7.09. The van der Waals surface area contributed by atoms with Crippen molar-refractivity contribution in [3.05, 3.63) is 58.3 Å². The van der Waals surface area contributed by atoms with Gasteiger partial charge in [0.15, 0.2) is 0 Å². The molecule has 0 saturated heterocycles. The molecule has 158 valence electrons. The lowest BCUT2D eigenvalue weighted by Gasteiger charge is -2.29. The van der Waals surface area contributed by atoms with Gasteiger partial charge in [0.05, 0.1) is 13.1 Å². The topological polar surface area (TPSA) is 40.6 Å². The molecule has 29 heavy (non-hydrogen) atoms. The molecule has 0 aliphatic rings. The number of thiophene rings is 1. The van der Waals surface area contributed by atoms with Crippen LogP contribution in [0.4, 0.5) is 0 Å². The van der Waals surface area contributed by atoms with Crippen molar-refractivity contribution in [3.8, 4) is 0 Å². The molecule has 2 amide bonds. The summed E-state index contributed by atoms with van der Waals surface area (Å²) >= 11 is 1.65. The first-order valence-corrected chi connectivity index (χ1v) is 11.4. The molecule has 0 spiro atoms. The van der Waals surface area contributed by atoms with Gasteiger partial charge in [-0.2, -0.15) is 0 Å². The maximum Gasteiger partial charge on any atom is 0.242 e. The summed E-state index contributed by atoms with van der Waals surface area (Å²) < 4.78 is 0. The molecule has 0 N–H and O–H groups in total. The van der Waals surface area contributed by atoms with Gasteiger partial charge in [-0.1, -0.05) is 70.5 Å². The number of amides is 2. The average Bonchev–Trinajstić information content (AvgIpc) is 3.20. The summed E-state index contributed by atoms with van der Waals surface area (Å²) in [6, 6.07) is 14.1. The molecule has 5 heteroatoms. The molecule has 0 aliphatic heterocycles. The summed E-state index contributed by atoms with van der Waals surface area (Å²) in [5.74, 6) is 0.731. The fourth-order valence-corrected chi connectivity index (χ4v) is 3.85. The molecule has 1 unspecified atom stereocenters. The summed E-state index contributed by atoms with van der Waals surface area (Å²) in [5, 5.41) is 2.03. The minimum atomic E-state index is 0.00247. The zero-order valence-corrected chi connectivity index (χ0v) is 19.0. The van der Waals surface area contributed by atoms with Gasteiger partial charge in [0.25, 0.3) is 0 Å². The second-order valence-electron chi connectivity index (χ2n) is 8.20. The fourth-order valence-electron chi connectivity index (χ4n) is 3.13. The van der Waals surface area contributed by atoms with Crippen LogP contribution in [0.2, 0.25) is 0 Å². The summed E-state index contributed by atoms with van der Waals surface area (Å²) in [4.78, 5) is 30.9. The van der Waals surface area contributed by atoms with Gasteiger partial charge in [0.2, 0.25) is 11.8 Å². The molecule has 0 fully saturated rings. The van der Waals surface area contributed by atoms with Crippen LogP contribution in [-0.2, 0) is 22.7 Å². The van der Waals surface area contributed by atoms with E-state index in [0.29, 0.717) is 32.0 Å². The van der Waals surface area contributed by atoms with Crippen LogP contribution < -0.4 is 0 Å². The lowest BCUT2D eigenvalue weighted by atomic mass is 10.1. The minimum Gasteiger partial charge on any atom is -0.333 e. The molecule has 1 atom stereocenters. The van der Waals surface area contributed by atoms with Crippen LogP contribution in [0.15, 0.2) is 47.8 Å². The van der Waals surface area contributed by atoms with Gasteiger partial charge < -0.3 is 9.80 Å². The predicted octanol–water partition coefficient (Wildman–Crippen LogP) is 5.20. The Morgan fingerprint density at radius 2 is 1.66 bits per heavy atom. The first-order valence-electron chi connectivity index (χ1n) is 10.5. The van der Waals surface area contributed by atoms with E-state index in [1.54, 1.807) is 16.2 Å². The standard InChI is InChI=1S/C24H34N2O2S/c1-5-20(4)15-25(23(27)14-19(2)3)18-24(28)26(17-22-12-9-13-29-22)16-21-10-7-6-8-11-21/h6-13,19-20H,5,14-18H2,1-4H3. The van der Waals surface area contributed by atoms with Crippen molar-refractivity contribution >= 4 is 23.2 Å². The Kier molecular flexibility index (Phi) is 9.39. The van der Waals surface area contributed by atoms with Crippen LogP contribution in [-0.4, -0.2) is 34.7 Å². The highest BCUT2D eigenvalue weighted by atomic mass is 32.1. The van der Waals surface area contributed by atoms with Crippen LogP contribution in [0.25, 0.3) is 0 Å². The molecule has 0 saturated carbocycles. The Bertz CT molecular complexity index is 744. The quantitative estimate of drug-likeness (QED) is 0.507. The smallest absolute Gasteiger partial charge is 0.242 e. The van der Waals surface area contributed by atoms with Crippen molar-refractivity contribution in [2.45, 2.75) is 53.6 Å². The molecule has 4 nitrogen and oxygen atoms in total. The number of hydrogen-bond donors (Lipinski definition) is 0. The number of carbonyl (C=O) groups is 2. The highest BCUT2D eigenvalue weighted by Gasteiger charge is 2.23. The second-order valence-corrected chi connectivity index (χ2v) is 9.23. The summed E-state index contributed by atoms with van der Waals surface area (Å²) in [6.07, 6.45) is 1.47. The van der Waals surface area contributed by atoms with Crippen molar-refractivity contribution < 1.29 is 9.59 Å². The Morgan fingerprint density at radius 3 is 2.24 bits per heavy atom. The SMILES string of the molecule is CCC(C)CN(CC(=O)N(Cc1ccccc1)Cc1cccs1)C(=O)CC(C)C. The minimum absolute atomic E-state index is 0.00247. The third-order valence-corrected chi connectivity index (χ3v) is 5.85. The van der Waals surface area contributed by atoms with Crippen molar-refractivity contribution in [2.24, 2.45) is 11.8 Å². The Labute approximate surface area is 179 Å². The van der Waals surface area contributed by atoms with E-state index in [0.717, 1.165) is 16.9 Å². The summed E-state index contributed by atoms with van der Waals surface area (Å²) in [7, 11) is 0. The van der Waals surface area contributed by atoms with Gasteiger partial charge in [0.1, 0.15) is 0 Å². The van der Waals surface area contributed by atoms with Crippen LogP contribution in [0.5, 0.6) is 0 Å². The third kappa shape index (κ3) is 8.01. The normalized spacial score (nSPS) is 12.0. The number of carbonyl (C=O) groups excluding carboxylic acids is 2.